The highest BCUT2D eigenvalue weighted by Crippen LogP contribution is 2.22. The molecule has 14 heavy (non-hydrogen) atoms. The number of rotatable bonds is 3. The number of hydrogen-bond acceptors (Lipinski definition) is 3. The van der Waals surface area contributed by atoms with E-state index in [9.17, 15) is 0 Å². The molecule has 1 saturated carbocycles. The summed E-state index contributed by atoms with van der Waals surface area (Å²) in [7, 11) is 2.03. The lowest BCUT2D eigenvalue weighted by Crippen LogP contribution is -2.34. The Bertz CT molecular complexity index is 252. The molecule has 2 rings (SSSR count). The summed E-state index contributed by atoms with van der Waals surface area (Å²) in [5.74, 6) is 0.790. The van der Waals surface area contributed by atoms with Crippen molar-refractivity contribution in [2.24, 2.45) is 0 Å². The average molecular weight is 195 g/mol. The van der Waals surface area contributed by atoms with Gasteiger partial charge in [-0.1, -0.05) is 0 Å². The minimum absolute atomic E-state index is 0.361. The first-order valence-electron chi connectivity index (χ1n) is 5.22. The van der Waals surface area contributed by atoms with Gasteiger partial charge in [-0.2, -0.15) is 5.10 Å². The van der Waals surface area contributed by atoms with E-state index in [1.54, 1.807) is 6.20 Å². The standard InChI is InChI=1S/C10H17N3O/c1-11-8-2-4-9(5-3-8)14-10-6-7-12-13-10/h6-9,11H,2-5H2,1H3,(H,12,13). The number of nitrogens with one attached hydrogen (secondary N) is 2. The van der Waals surface area contributed by atoms with Gasteiger partial charge in [0, 0.05) is 12.1 Å². The molecule has 4 heteroatoms. The van der Waals surface area contributed by atoms with Crippen LogP contribution in [-0.2, 0) is 0 Å². The minimum Gasteiger partial charge on any atom is -0.475 e. The molecule has 1 aliphatic carbocycles. The molecule has 2 N–H and O–H groups in total. The maximum atomic E-state index is 5.74. The Hall–Kier alpha value is -1.03. The fourth-order valence-corrected chi connectivity index (χ4v) is 1.96. The molecule has 1 heterocycles. The second-order valence-corrected chi connectivity index (χ2v) is 3.80. The zero-order valence-corrected chi connectivity index (χ0v) is 8.49. The topological polar surface area (TPSA) is 49.9 Å². The van der Waals surface area contributed by atoms with Crippen LogP contribution in [0.1, 0.15) is 25.7 Å². The third kappa shape index (κ3) is 2.26. The predicted molar refractivity (Wildman–Crippen MR) is 54.3 cm³/mol. The van der Waals surface area contributed by atoms with E-state index in [0.717, 1.165) is 18.7 Å². The maximum Gasteiger partial charge on any atom is 0.209 e. The summed E-state index contributed by atoms with van der Waals surface area (Å²) in [5, 5.41) is 9.99. The van der Waals surface area contributed by atoms with Gasteiger partial charge in [0.1, 0.15) is 6.10 Å². The van der Waals surface area contributed by atoms with Crippen LogP contribution < -0.4 is 10.1 Å². The van der Waals surface area contributed by atoms with Gasteiger partial charge in [-0.05, 0) is 32.7 Å². The number of aromatic amines is 1. The van der Waals surface area contributed by atoms with Crippen LogP contribution in [0.25, 0.3) is 0 Å². The van der Waals surface area contributed by atoms with Gasteiger partial charge in [-0.3, -0.25) is 0 Å². The van der Waals surface area contributed by atoms with Gasteiger partial charge in [-0.25, -0.2) is 5.10 Å². The molecule has 0 bridgehead atoms. The van der Waals surface area contributed by atoms with Crippen molar-refractivity contribution in [1.29, 1.82) is 0 Å². The molecular formula is C10H17N3O. The van der Waals surface area contributed by atoms with Gasteiger partial charge < -0.3 is 10.1 Å². The quantitative estimate of drug-likeness (QED) is 0.764. The second-order valence-electron chi connectivity index (χ2n) is 3.80. The summed E-state index contributed by atoms with van der Waals surface area (Å²) in [6.07, 6.45) is 6.74. The van der Waals surface area contributed by atoms with E-state index >= 15 is 0 Å². The lowest BCUT2D eigenvalue weighted by atomic mass is 9.93. The van der Waals surface area contributed by atoms with Gasteiger partial charge in [0.25, 0.3) is 0 Å². The van der Waals surface area contributed by atoms with Crippen LogP contribution in [0.4, 0.5) is 0 Å². The highest BCUT2D eigenvalue weighted by Gasteiger charge is 2.21. The van der Waals surface area contributed by atoms with E-state index in [-0.39, 0.29) is 0 Å². The Balaban J connectivity index is 1.79. The van der Waals surface area contributed by atoms with E-state index in [2.05, 4.69) is 15.5 Å². The van der Waals surface area contributed by atoms with Gasteiger partial charge >= 0.3 is 0 Å². The van der Waals surface area contributed by atoms with E-state index in [4.69, 9.17) is 4.74 Å². The molecule has 1 aromatic heterocycles. The number of hydrogen-bond donors (Lipinski definition) is 2. The largest absolute Gasteiger partial charge is 0.475 e. The number of ether oxygens (including phenoxy) is 1. The second kappa shape index (κ2) is 4.46. The Morgan fingerprint density at radius 1 is 1.43 bits per heavy atom. The summed E-state index contributed by atoms with van der Waals surface area (Å²) in [4.78, 5) is 0. The van der Waals surface area contributed by atoms with E-state index in [0.29, 0.717) is 12.1 Å². The van der Waals surface area contributed by atoms with Crippen molar-refractivity contribution in [1.82, 2.24) is 15.5 Å². The normalized spacial score (nSPS) is 27.5. The Morgan fingerprint density at radius 2 is 2.21 bits per heavy atom. The molecule has 0 saturated heterocycles. The molecule has 0 spiro atoms. The Morgan fingerprint density at radius 3 is 2.79 bits per heavy atom. The van der Waals surface area contributed by atoms with Crippen molar-refractivity contribution >= 4 is 0 Å². The zero-order valence-electron chi connectivity index (χ0n) is 8.49. The molecule has 0 amide bonds. The lowest BCUT2D eigenvalue weighted by molar-refractivity contribution is 0.136. The van der Waals surface area contributed by atoms with Gasteiger partial charge in [-0.15, -0.1) is 0 Å². The van der Waals surface area contributed by atoms with Gasteiger partial charge in [0.05, 0.1) is 6.20 Å². The summed E-state index contributed by atoms with van der Waals surface area (Å²) >= 11 is 0. The molecule has 0 atom stereocenters. The molecule has 78 valence electrons. The molecule has 1 aliphatic rings. The van der Waals surface area contributed by atoms with Crippen LogP contribution in [0.2, 0.25) is 0 Å². The van der Waals surface area contributed by atoms with Crippen LogP contribution in [0.3, 0.4) is 0 Å². The molecular weight excluding hydrogens is 178 g/mol. The molecule has 1 fully saturated rings. The SMILES string of the molecule is CNC1CCC(Oc2ccn[nH]2)CC1. The van der Waals surface area contributed by atoms with Crippen LogP contribution in [0.5, 0.6) is 5.88 Å². The summed E-state index contributed by atoms with van der Waals surface area (Å²) < 4.78 is 5.74. The van der Waals surface area contributed by atoms with Gasteiger partial charge in [0.15, 0.2) is 0 Å². The van der Waals surface area contributed by atoms with Crippen LogP contribution in [-0.4, -0.2) is 29.4 Å². The fourth-order valence-electron chi connectivity index (χ4n) is 1.96. The minimum atomic E-state index is 0.361. The highest BCUT2D eigenvalue weighted by atomic mass is 16.5. The molecule has 0 unspecified atom stereocenters. The van der Waals surface area contributed by atoms with Crippen molar-refractivity contribution in [3.05, 3.63) is 12.3 Å². The number of H-pyrrole nitrogens is 1. The van der Waals surface area contributed by atoms with Crippen LogP contribution >= 0.6 is 0 Å². The summed E-state index contributed by atoms with van der Waals surface area (Å²) in [6.45, 7) is 0. The zero-order chi connectivity index (χ0) is 9.80. The molecule has 0 aromatic carbocycles. The van der Waals surface area contributed by atoms with Crippen molar-refractivity contribution in [3.8, 4) is 5.88 Å². The van der Waals surface area contributed by atoms with Crippen LogP contribution in [0.15, 0.2) is 12.3 Å². The third-order valence-electron chi connectivity index (χ3n) is 2.85. The van der Waals surface area contributed by atoms with E-state index in [1.165, 1.54) is 12.8 Å². The summed E-state index contributed by atoms with van der Waals surface area (Å²) in [5.41, 5.74) is 0. The first-order valence-corrected chi connectivity index (χ1v) is 5.22. The fraction of sp³-hybridized carbons (Fsp3) is 0.700. The van der Waals surface area contributed by atoms with Crippen molar-refractivity contribution in [2.45, 2.75) is 37.8 Å². The Labute approximate surface area is 84.0 Å². The number of nitrogens with zero attached hydrogens (tertiary/aromatic N) is 1. The third-order valence-corrected chi connectivity index (χ3v) is 2.85. The first kappa shape index (κ1) is 9.52. The van der Waals surface area contributed by atoms with Gasteiger partial charge in [0.2, 0.25) is 5.88 Å². The lowest BCUT2D eigenvalue weighted by Gasteiger charge is -2.27. The smallest absolute Gasteiger partial charge is 0.209 e. The van der Waals surface area contributed by atoms with Crippen molar-refractivity contribution in [3.63, 3.8) is 0 Å². The van der Waals surface area contributed by atoms with E-state index in [1.807, 2.05) is 13.1 Å². The first-order chi connectivity index (χ1) is 6.88. The summed E-state index contributed by atoms with van der Waals surface area (Å²) in [6, 6.07) is 2.54. The van der Waals surface area contributed by atoms with E-state index < -0.39 is 0 Å². The number of aromatic nitrogens is 2. The molecule has 0 aliphatic heterocycles. The Kier molecular flexibility index (Phi) is 3.03. The highest BCUT2D eigenvalue weighted by molar-refractivity contribution is 5.05. The predicted octanol–water partition coefficient (Wildman–Crippen LogP) is 1.32. The molecule has 0 radical (unpaired) electrons. The van der Waals surface area contributed by atoms with Crippen molar-refractivity contribution < 1.29 is 4.74 Å². The maximum absolute atomic E-state index is 5.74. The molecule has 1 aromatic rings. The monoisotopic (exact) mass is 195 g/mol. The van der Waals surface area contributed by atoms with Crippen molar-refractivity contribution in [2.75, 3.05) is 7.05 Å². The average Bonchev–Trinajstić information content (AvgIpc) is 2.72. The molecule has 4 nitrogen and oxygen atoms in total. The van der Waals surface area contributed by atoms with Crippen LogP contribution in [0, 0.1) is 0 Å².